The largest absolute Gasteiger partial charge is 0.469 e. The number of benzene rings is 1. The standard InChI is InChI=1S/C50H80N7O18P/c1-18-36(60)53-39(43(28(7)8)75-76(68,69)70)49(66)73-41(26(3)4)37(54-44(61)30(10)56(15)45(62)29(9)51-32(12)58)47(64)57(16)40(31(11)71-17)50(67)74-42(27(5)6)38(52-33(13)59)48(65)72-35(46(63)55(14)19-2)25-34-23-21-20-22-24-34/h19-24,26-31,35,37-43H,2,18,25H2,1,3-17H3,(H,51,58)(H,52,59)(H,53,60)(H,54,61)(H2,68,69,70)/t29-,30-,31+,35+,37-,38-,39-,40-,41+,42+,43+/m0/s1. The van der Waals surface area contributed by atoms with E-state index in [1.54, 1.807) is 44.2 Å². The number of amides is 7. The molecule has 0 aliphatic carbocycles. The molecule has 7 amide bonds. The first-order chi connectivity index (χ1) is 35.1. The molecule has 0 aliphatic rings. The van der Waals surface area contributed by atoms with Gasteiger partial charge >= 0.3 is 25.7 Å². The summed E-state index contributed by atoms with van der Waals surface area (Å²) in [5.74, 6) is -11.9. The smallest absolute Gasteiger partial charge is 0.458 e. The summed E-state index contributed by atoms with van der Waals surface area (Å²) >= 11 is 0. The van der Waals surface area contributed by atoms with Gasteiger partial charge in [0.1, 0.15) is 36.4 Å². The third kappa shape index (κ3) is 20.7. The monoisotopic (exact) mass is 1100 g/mol. The SMILES string of the molecule is C=CN(C)C(=O)[C@@H](Cc1ccccc1)OC(=O)[C@@H](NC(C)=O)[C@H](OC(=O)[C@H]([C@@H](C)OC)N(C)C(=O)[C@@H](NC(=O)[C@H](C)N(C)C(=O)[C@H](C)NC(C)=O)[C@H](OC(=O)[C@@H](NC(=O)CC)[C@H](OP(=O)(O)O)C(C)C)C(C)C)C(C)C. The number of phosphoric ester groups is 1. The van der Waals surface area contributed by atoms with Gasteiger partial charge in [0.25, 0.3) is 5.91 Å². The molecule has 1 aromatic carbocycles. The number of hydrogen-bond acceptors (Lipinski definition) is 16. The van der Waals surface area contributed by atoms with Gasteiger partial charge < -0.3 is 64.7 Å². The van der Waals surface area contributed by atoms with Gasteiger partial charge in [0, 0.05) is 54.9 Å². The number of phosphoric acid groups is 1. The van der Waals surface area contributed by atoms with Crippen molar-refractivity contribution in [1.29, 1.82) is 0 Å². The minimum atomic E-state index is -5.34. The van der Waals surface area contributed by atoms with Gasteiger partial charge in [0.2, 0.25) is 35.4 Å². The number of hydrogen-bond donors (Lipinski definition) is 6. The van der Waals surface area contributed by atoms with Crippen LogP contribution in [0.3, 0.4) is 0 Å². The van der Waals surface area contributed by atoms with E-state index in [0.717, 1.165) is 28.7 Å². The Kier molecular flexibility index (Phi) is 27.7. The van der Waals surface area contributed by atoms with Gasteiger partial charge in [-0.15, -0.1) is 0 Å². The maximum absolute atomic E-state index is 15.2. The zero-order valence-electron chi connectivity index (χ0n) is 46.4. The van der Waals surface area contributed by atoms with E-state index in [9.17, 15) is 57.5 Å². The Balaban J connectivity index is 4.08. The fourth-order valence-corrected chi connectivity index (χ4v) is 8.33. The minimum Gasteiger partial charge on any atom is -0.458 e. The second-order valence-electron chi connectivity index (χ2n) is 19.3. The molecule has 0 unspecified atom stereocenters. The summed E-state index contributed by atoms with van der Waals surface area (Å²) in [6, 6.07) is -1.33. The number of esters is 3. The number of carbonyl (C=O) groups excluding carboxylic acids is 10. The lowest BCUT2D eigenvalue weighted by Crippen LogP contribution is -2.64. The highest BCUT2D eigenvalue weighted by Gasteiger charge is 2.47. The quantitative estimate of drug-likeness (QED) is 0.0357. The number of rotatable bonds is 30. The normalized spacial score (nSPS) is 15.9. The molecule has 1 aromatic rings. The van der Waals surface area contributed by atoms with E-state index in [1.807, 2.05) is 0 Å². The molecule has 428 valence electrons. The van der Waals surface area contributed by atoms with Crippen molar-refractivity contribution < 1.29 is 85.8 Å². The molecule has 0 aliphatic heterocycles. The van der Waals surface area contributed by atoms with Gasteiger partial charge in [-0.1, -0.05) is 85.4 Å². The molecule has 76 heavy (non-hydrogen) atoms. The van der Waals surface area contributed by atoms with Crippen LogP contribution in [-0.4, -0.2) is 179 Å². The van der Waals surface area contributed by atoms with Crippen LogP contribution in [0.1, 0.15) is 95.1 Å². The summed E-state index contributed by atoms with van der Waals surface area (Å²) in [4.78, 5) is 160. The van der Waals surface area contributed by atoms with Gasteiger partial charge in [-0.25, -0.2) is 18.9 Å². The van der Waals surface area contributed by atoms with Gasteiger partial charge in [-0.05, 0) is 50.3 Å². The summed E-state index contributed by atoms with van der Waals surface area (Å²) < 4.78 is 40.4. The zero-order valence-corrected chi connectivity index (χ0v) is 47.3. The summed E-state index contributed by atoms with van der Waals surface area (Å²) in [5, 5.41) is 9.78. The van der Waals surface area contributed by atoms with Crippen molar-refractivity contribution in [2.75, 3.05) is 28.3 Å². The number of ether oxygens (including phenoxy) is 4. The van der Waals surface area contributed by atoms with Gasteiger partial charge in [-0.3, -0.25) is 38.1 Å². The number of nitrogens with zero attached hydrogens (tertiary/aromatic N) is 3. The highest BCUT2D eigenvalue weighted by atomic mass is 31.2. The van der Waals surface area contributed by atoms with E-state index in [-0.39, 0.29) is 12.8 Å². The van der Waals surface area contributed by atoms with Gasteiger partial charge in [0.15, 0.2) is 24.2 Å². The highest BCUT2D eigenvalue weighted by molar-refractivity contribution is 7.46. The van der Waals surface area contributed by atoms with Crippen LogP contribution in [-0.2, 0) is 82.4 Å². The molecule has 25 nitrogen and oxygen atoms in total. The van der Waals surface area contributed by atoms with Crippen LogP contribution in [0.5, 0.6) is 0 Å². The van der Waals surface area contributed by atoms with Crippen molar-refractivity contribution in [2.24, 2.45) is 17.8 Å². The molecule has 0 saturated heterocycles. The van der Waals surface area contributed by atoms with E-state index in [2.05, 4.69) is 27.8 Å². The number of carbonyl (C=O) groups is 10. The average molecular weight is 1100 g/mol. The third-order valence-corrected chi connectivity index (χ3v) is 12.6. The molecule has 11 atom stereocenters. The minimum absolute atomic E-state index is 0.0949. The Bertz CT molecular complexity index is 2240. The first-order valence-corrected chi connectivity index (χ1v) is 26.2. The van der Waals surface area contributed by atoms with E-state index in [4.69, 9.17) is 23.5 Å². The molecule has 0 bridgehead atoms. The lowest BCUT2D eigenvalue weighted by molar-refractivity contribution is -0.176. The summed E-state index contributed by atoms with van der Waals surface area (Å²) in [6.45, 7) is 20.3. The Morgan fingerprint density at radius 3 is 1.59 bits per heavy atom. The van der Waals surface area contributed by atoms with E-state index >= 15 is 4.79 Å². The Labute approximate surface area is 445 Å². The second kappa shape index (κ2) is 31.1. The predicted molar refractivity (Wildman–Crippen MR) is 274 cm³/mol. The van der Waals surface area contributed by atoms with Crippen LogP contribution >= 0.6 is 7.82 Å². The topological polar surface area (TPSA) is 332 Å². The fourth-order valence-electron chi connectivity index (χ4n) is 7.65. The molecule has 0 fully saturated rings. The highest BCUT2D eigenvalue weighted by Crippen LogP contribution is 2.40. The Morgan fingerprint density at radius 1 is 0.645 bits per heavy atom. The number of methoxy groups -OCH3 is 1. The Morgan fingerprint density at radius 2 is 1.13 bits per heavy atom. The molecule has 26 heteroatoms. The zero-order chi connectivity index (χ0) is 58.7. The van der Waals surface area contributed by atoms with Crippen LogP contribution in [0.15, 0.2) is 43.1 Å². The first-order valence-electron chi connectivity index (χ1n) is 24.6. The van der Waals surface area contributed by atoms with Crippen molar-refractivity contribution in [3.05, 3.63) is 48.7 Å². The van der Waals surface area contributed by atoms with Gasteiger partial charge in [0.05, 0.1) is 6.10 Å². The van der Waals surface area contributed by atoms with Crippen LogP contribution in [0.2, 0.25) is 0 Å². The predicted octanol–water partition coefficient (Wildman–Crippen LogP) is 1.13. The maximum atomic E-state index is 15.2. The van der Waals surface area contributed by atoms with Crippen molar-refractivity contribution in [3.8, 4) is 0 Å². The fraction of sp³-hybridized carbons (Fsp3) is 0.640. The molecule has 0 radical (unpaired) electrons. The van der Waals surface area contributed by atoms with Crippen molar-refractivity contribution in [2.45, 2.75) is 163 Å². The summed E-state index contributed by atoms with van der Waals surface area (Å²) in [7, 11) is -0.350. The van der Waals surface area contributed by atoms with Crippen molar-refractivity contribution in [1.82, 2.24) is 36.0 Å². The second-order valence-corrected chi connectivity index (χ2v) is 20.5. The van der Waals surface area contributed by atoms with Crippen LogP contribution in [0.25, 0.3) is 0 Å². The molecular weight excluding hydrogens is 1020 g/mol. The van der Waals surface area contributed by atoms with Crippen molar-refractivity contribution in [3.63, 3.8) is 0 Å². The molecule has 0 spiro atoms. The van der Waals surface area contributed by atoms with E-state index in [0.29, 0.717) is 5.56 Å². The maximum Gasteiger partial charge on any atom is 0.469 e. The number of nitrogens with one attached hydrogen (secondary N) is 4. The lowest BCUT2D eigenvalue weighted by Gasteiger charge is -2.39. The first kappa shape index (κ1) is 67.7. The van der Waals surface area contributed by atoms with Crippen LogP contribution in [0.4, 0.5) is 0 Å². The molecule has 0 heterocycles. The molecule has 1 rings (SSSR count). The van der Waals surface area contributed by atoms with E-state index in [1.165, 1.54) is 89.7 Å². The van der Waals surface area contributed by atoms with Crippen LogP contribution < -0.4 is 21.3 Å². The molecule has 0 aromatic heterocycles. The summed E-state index contributed by atoms with van der Waals surface area (Å²) in [5.41, 5.74) is 0.616. The average Bonchev–Trinajstić information content (AvgIpc) is 3.34. The third-order valence-electron chi connectivity index (χ3n) is 12.1. The Hall–Kier alpha value is -6.27. The van der Waals surface area contributed by atoms with Crippen molar-refractivity contribution >= 4 is 67.1 Å². The molecule has 6 N–H and O–H groups in total. The lowest BCUT2D eigenvalue weighted by atomic mass is 9.95. The number of likely N-dealkylation sites (N-methyl/N-ethyl adjacent to an activating group) is 3. The molecule has 0 saturated carbocycles. The van der Waals surface area contributed by atoms with E-state index < -0.39 is 152 Å². The molecular formula is C50H80N7O18P. The van der Waals surface area contributed by atoms with Gasteiger partial charge in [-0.2, -0.15) is 0 Å². The van der Waals surface area contributed by atoms with Crippen LogP contribution in [0, 0.1) is 17.8 Å². The summed E-state index contributed by atoms with van der Waals surface area (Å²) in [6.07, 6.45) is -6.82.